The van der Waals surface area contributed by atoms with Gasteiger partial charge in [-0.05, 0) is 24.8 Å². The third-order valence-corrected chi connectivity index (χ3v) is 5.08. The number of aryl methyl sites for hydroxylation is 1. The van der Waals surface area contributed by atoms with Gasteiger partial charge in [-0.1, -0.05) is 0 Å². The summed E-state index contributed by atoms with van der Waals surface area (Å²) in [6, 6.07) is -1.11. The van der Waals surface area contributed by atoms with Crippen LogP contribution in [-0.2, 0) is 14.8 Å². The molecule has 1 amide bonds. The molecular formula is C9H12N2O5S2. The van der Waals surface area contributed by atoms with E-state index in [1.54, 1.807) is 0 Å². The molecule has 0 saturated carbocycles. The quantitative estimate of drug-likeness (QED) is 0.699. The van der Waals surface area contributed by atoms with Crippen LogP contribution in [0.4, 0.5) is 0 Å². The summed E-state index contributed by atoms with van der Waals surface area (Å²) >= 11 is 0.812. The second-order valence-electron chi connectivity index (χ2n) is 3.63. The molecule has 4 N–H and O–H groups in total. The van der Waals surface area contributed by atoms with E-state index in [-0.39, 0.29) is 9.77 Å². The fraction of sp³-hybridized carbons (Fsp3) is 0.333. The molecule has 0 aliphatic heterocycles. The Labute approximate surface area is 108 Å². The minimum atomic E-state index is -4.09. The molecule has 1 heterocycles. The average Bonchev–Trinajstić information content (AvgIpc) is 2.59. The van der Waals surface area contributed by atoms with Crippen LogP contribution < -0.4 is 10.5 Å². The zero-order chi connectivity index (χ0) is 14.1. The van der Waals surface area contributed by atoms with Crippen LogP contribution in [0.5, 0.6) is 0 Å². The molecule has 0 fully saturated rings. The normalized spacial score (nSPS) is 13.2. The van der Waals surface area contributed by atoms with E-state index in [2.05, 4.69) is 0 Å². The highest BCUT2D eigenvalue weighted by Crippen LogP contribution is 2.26. The average molecular weight is 292 g/mol. The predicted octanol–water partition coefficient (Wildman–Crippen LogP) is -0.0932. The number of rotatable bonds is 5. The third-order valence-electron chi connectivity index (χ3n) is 2.14. The fourth-order valence-electron chi connectivity index (χ4n) is 1.26. The summed E-state index contributed by atoms with van der Waals surface area (Å²) < 4.78 is 26.0. The molecule has 0 bridgehead atoms. The van der Waals surface area contributed by atoms with Crippen molar-refractivity contribution >= 4 is 33.2 Å². The summed E-state index contributed by atoms with van der Waals surface area (Å²) in [4.78, 5) is 21.1. The van der Waals surface area contributed by atoms with E-state index in [1.807, 2.05) is 4.72 Å². The summed E-state index contributed by atoms with van der Waals surface area (Å²) in [6.07, 6.45) is 0. The highest BCUT2D eigenvalue weighted by molar-refractivity contribution is 7.89. The Bertz CT molecular complexity index is 590. The van der Waals surface area contributed by atoms with Gasteiger partial charge in [0.25, 0.3) is 0 Å². The van der Waals surface area contributed by atoms with Gasteiger partial charge in [0.1, 0.15) is 9.77 Å². The number of carbonyl (C=O) groups is 2. The van der Waals surface area contributed by atoms with Gasteiger partial charge in [-0.2, -0.15) is 4.72 Å². The Morgan fingerprint density at radius 1 is 1.50 bits per heavy atom. The molecule has 0 aromatic carbocycles. The number of amides is 1. The molecule has 1 aromatic heterocycles. The van der Waals surface area contributed by atoms with Gasteiger partial charge in [0.15, 0.2) is 0 Å². The standard InChI is InChI=1S/C9H12N2O5S2/c1-4-3-17-6(9(13)14)7(4)18(15,16)11-5(2)8(10)12/h3,5,11H,1-2H3,(H2,10,12)(H,13,14). The lowest BCUT2D eigenvalue weighted by atomic mass is 10.3. The van der Waals surface area contributed by atoms with Crippen molar-refractivity contribution < 1.29 is 23.1 Å². The van der Waals surface area contributed by atoms with E-state index in [4.69, 9.17) is 10.8 Å². The zero-order valence-corrected chi connectivity index (χ0v) is 11.3. The minimum absolute atomic E-state index is 0.295. The second-order valence-corrected chi connectivity index (χ2v) is 6.16. The van der Waals surface area contributed by atoms with Crippen molar-refractivity contribution in [3.8, 4) is 0 Å². The van der Waals surface area contributed by atoms with Gasteiger partial charge in [-0.25, -0.2) is 13.2 Å². The first-order valence-corrected chi connectivity index (χ1v) is 7.16. The predicted molar refractivity (Wildman–Crippen MR) is 65.0 cm³/mol. The summed E-state index contributed by atoms with van der Waals surface area (Å²) in [5, 5.41) is 10.3. The largest absolute Gasteiger partial charge is 0.477 e. The number of aromatic carboxylic acids is 1. The van der Waals surface area contributed by atoms with Crippen LogP contribution in [0.2, 0.25) is 0 Å². The number of hydrogen-bond donors (Lipinski definition) is 3. The van der Waals surface area contributed by atoms with Crippen molar-refractivity contribution in [2.75, 3.05) is 0 Å². The molecular weight excluding hydrogens is 280 g/mol. The van der Waals surface area contributed by atoms with E-state index in [9.17, 15) is 18.0 Å². The molecule has 18 heavy (non-hydrogen) atoms. The van der Waals surface area contributed by atoms with Gasteiger partial charge >= 0.3 is 5.97 Å². The molecule has 1 atom stereocenters. The second kappa shape index (κ2) is 5.04. The smallest absolute Gasteiger partial charge is 0.347 e. The molecule has 0 spiro atoms. The SMILES string of the molecule is Cc1csc(C(=O)O)c1S(=O)(=O)NC(C)C(N)=O. The molecule has 1 aromatic rings. The molecule has 0 saturated heterocycles. The molecule has 1 unspecified atom stereocenters. The molecule has 7 nitrogen and oxygen atoms in total. The van der Waals surface area contributed by atoms with Crippen LogP contribution in [0.25, 0.3) is 0 Å². The zero-order valence-electron chi connectivity index (χ0n) is 9.63. The number of thiophene rings is 1. The van der Waals surface area contributed by atoms with E-state index in [0.717, 1.165) is 11.3 Å². The molecule has 0 aliphatic carbocycles. The Morgan fingerprint density at radius 3 is 2.50 bits per heavy atom. The summed E-state index contributed by atoms with van der Waals surface area (Å²) in [5.41, 5.74) is 5.26. The van der Waals surface area contributed by atoms with Crippen LogP contribution in [0.15, 0.2) is 10.3 Å². The van der Waals surface area contributed by atoms with Crippen molar-refractivity contribution in [1.82, 2.24) is 4.72 Å². The van der Waals surface area contributed by atoms with E-state index in [0.29, 0.717) is 5.56 Å². The fourth-order valence-corrected chi connectivity index (χ4v) is 4.11. The van der Waals surface area contributed by atoms with Gasteiger partial charge < -0.3 is 10.8 Å². The van der Waals surface area contributed by atoms with Crippen LogP contribution in [0.3, 0.4) is 0 Å². The number of nitrogens with two attached hydrogens (primary N) is 1. The number of sulfonamides is 1. The van der Waals surface area contributed by atoms with Crippen LogP contribution in [-0.4, -0.2) is 31.4 Å². The van der Waals surface area contributed by atoms with Gasteiger partial charge in [-0.3, -0.25) is 4.79 Å². The molecule has 1 rings (SSSR count). The topological polar surface area (TPSA) is 127 Å². The molecule has 0 aliphatic rings. The van der Waals surface area contributed by atoms with Gasteiger partial charge in [-0.15, -0.1) is 11.3 Å². The summed E-state index contributed by atoms with van der Waals surface area (Å²) in [7, 11) is -4.09. The molecule has 100 valence electrons. The Kier molecular flexibility index (Phi) is 4.09. The number of carboxylic acid groups (broad SMARTS) is 1. The van der Waals surface area contributed by atoms with Crippen molar-refractivity contribution in [3.05, 3.63) is 15.8 Å². The Morgan fingerprint density at radius 2 is 2.06 bits per heavy atom. The lowest BCUT2D eigenvalue weighted by molar-refractivity contribution is -0.119. The van der Waals surface area contributed by atoms with E-state index < -0.39 is 27.9 Å². The lowest BCUT2D eigenvalue weighted by Crippen LogP contribution is -2.42. The van der Waals surface area contributed by atoms with Crippen LogP contribution in [0.1, 0.15) is 22.2 Å². The van der Waals surface area contributed by atoms with Crippen molar-refractivity contribution in [3.63, 3.8) is 0 Å². The third kappa shape index (κ3) is 2.86. The first-order chi connectivity index (χ1) is 8.16. The van der Waals surface area contributed by atoms with Crippen LogP contribution in [0, 0.1) is 6.92 Å². The maximum atomic E-state index is 12.0. The number of primary amides is 1. The maximum Gasteiger partial charge on any atom is 0.347 e. The molecule has 0 radical (unpaired) electrons. The van der Waals surface area contributed by atoms with E-state index >= 15 is 0 Å². The number of hydrogen-bond acceptors (Lipinski definition) is 5. The van der Waals surface area contributed by atoms with E-state index in [1.165, 1.54) is 19.2 Å². The summed E-state index contributed by atoms with van der Waals surface area (Å²) in [6.45, 7) is 2.76. The highest BCUT2D eigenvalue weighted by Gasteiger charge is 2.29. The maximum absolute atomic E-state index is 12.0. The monoisotopic (exact) mass is 292 g/mol. The molecule has 9 heteroatoms. The first kappa shape index (κ1) is 14.6. The highest BCUT2D eigenvalue weighted by atomic mass is 32.2. The van der Waals surface area contributed by atoms with Crippen molar-refractivity contribution in [1.29, 1.82) is 0 Å². The summed E-state index contributed by atoms with van der Waals surface area (Å²) in [5.74, 6) is -2.18. The number of nitrogens with one attached hydrogen (secondary N) is 1. The van der Waals surface area contributed by atoms with Crippen LogP contribution >= 0.6 is 11.3 Å². The lowest BCUT2D eigenvalue weighted by Gasteiger charge is -2.11. The number of carboxylic acids is 1. The Balaban J connectivity index is 3.25. The van der Waals surface area contributed by atoms with Crippen molar-refractivity contribution in [2.24, 2.45) is 5.73 Å². The minimum Gasteiger partial charge on any atom is -0.477 e. The first-order valence-electron chi connectivity index (χ1n) is 4.80. The van der Waals surface area contributed by atoms with Gasteiger partial charge in [0, 0.05) is 0 Å². The van der Waals surface area contributed by atoms with Gasteiger partial charge in [0.2, 0.25) is 15.9 Å². The van der Waals surface area contributed by atoms with Gasteiger partial charge in [0.05, 0.1) is 6.04 Å². The Hall–Kier alpha value is -1.45. The van der Waals surface area contributed by atoms with Crippen molar-refractivity contribution in [2.45, 2.75) is 24.8 Å². The number of carbonyl (C=O) groups excluding carboxylic acids is 1.